The van der Waals surface area contributed by atoms with Crippen LogP contribution in [-0.4, -0.2) is 61.2 Å². The monoisotopic (exact) mass is 247 g/mol. The van der Waals surface area contributed by atoms with Crippen LogP contribution in [0.5, 0.6) is 0 Å². The number of hydrogen-bond acceptors (Lipinski definition) is 5. The number of nitrogens with zero attached hydrogens (tertiary/aromatic N) is 2. The van der Waals surface area contributed by atoms with E-state index in [0.29, 0.717) is 0 Å². The Labute approximate surface area is 131 Å². The van der Waals surface area contributed by atoms with Gasteiger partial charge in [-0.1, -0.05) is 12.1 Å². The van der Waals surface area contributed by atoms with E-state index in [-0.39, 0.29) is 62.4 Å². The van der Waals surface area contributed by atoms with Crippen molar-refractivity contribution < 1.29 is 14.3 Å². The summed E-state index contributed by atoms with van der Waals surface area (Å²) in [5, 5.41) is 21.3. The topological polar surface area (TPSA) is 99.4 Å². The summed E-state index contributed by atoms with van der Waals surface area (Å²) in [6.45, 7) is 0. The first-order valence-corrected chi connectivity index (χ1v) is 3.91. The SMILES string of the molecule is O=[N+]([O-])c1oc2ccccc2c1[N+](=O)[O-].[K]. The molecule has 77 valence electrons. The Balaban J connectivity index is 0.00000128. The molecule has 0 aliphatic heterocycles. The molecule has 1 heterocycles. The molecule has 8 heteroatoms. The molecule has 0 amide bonds. The van der Waals surface area contributed by atoms with Crippen LogP contribution in [0.1, 0.15) is 0 Å². The van der Waals surface area contributed by atoms with E-state index in [2.05, 4.69) is 0 Å². The fraction of sp³-hybridized carbons (Fsp3) is 0. The van der Waals surface area contributed by atoms with Gasteiger partial charge in [0.25, 0.3) is 0 Å². The summed E-state index contributed by atoms with van der Waals surface area (Å²) in [4.78, 5) is 19.4. The Morgan fingerprint density at radius 1 is 1.06 bits per heavy atom. The maximum absolute atomic E-state index is 10.6. The molecule has 0 unspecified atom stereocenters. The van der Waals surface area contributed by atoms with Gasteiger partial charge in [0, 0.05) is 51.4 Å². The molecule has 0 aliphatic rings. The second kappa shape index (κ2) is 5.02. The largest absolute Gasteiger partial charge is 0.513 e. The molecule has 2 aromatic rings. The maximum atomic E-state index is 10.6. The standard InChI is InChI=1S/C8H4N2O5.K/c11-9(12)7-5-3-1-2-4-6(5)15-8(7)10(13)14;/h1-4H;. The summed E-state index contributed by atoms with van der Waals surface area (Å²) >= 11 is 0. The number of nitro groups is 2. The number of fused-ring (bicyclic) bond motifs is 1. The zero-order chi connectivity index (χ0) is 11.0. The van der Waals surface area contributed by atoms with E-state index < -0.39 is 21.4 Å². The van der Waals surface area contributed by atoms with Crippen LogP contribution < -0.4 is 0 Å². The van der Waals surface area contributed by atoms with Crippen molar-refractivity contribution in [3.63, 3.8) is 0 Å². The van der Waals surface area contributed by atoms with Crippen LogP contribution in [0.2, 0.25) is 0 Å². The van der Waals surface area contributed by atoms with Gasteiger partial charge in [0.15, 0.2) is 0 Å². The minimum atomic E-state index is -0.905. The van der Waals surface area contributed by atoms with Crippen LogP contribution in [0.4, 0.5) is 11.6 Å². The quantitative estimate of drug-likeness (QED) is 0.458. The van der Waals surface area contributed by atoms with Gasteiger partial charge in [0.2, 0.25) is 0 Å². The van der Waals surface area contributed by atoms with Crippen molar-refractivity contribution in [2.75, 3.05) is 0 Å². The first-order valence-electron chi connectivity index (χ1n) is 3.91. The van der Waals surface area contributed by atoms with Gasteiger partial charge in [-0.05, 0) is 12.1 Å². The molecule has 16 heavy (non-hydrogen) atoms. The minimum absolute atomic E-state index is 0. The summed E-state index contributed by atoms with van der Waals surface area (Å²) in [7, 11) is 0. The normalized spacial score (nSPS) is 9.75. The van der Waals surface area contributed by atoms with Gasteiger partial charge in [-0.15, -0.1) is 0 Å². The number of hydrogen-bond donors (Lipinski definition) is 0. The van der Waals surface area contributed by atoms with Gasteiger partial charge in [-0.3, -0.25) is 20.2 Å². The molecule has 1 aromatic heterocycles. The molecule has 0 atom stereocenters. The molecule has 0 fully saturated rings. The summed E-state index contributed by atoms with van der Waals surface area (Å²) in [6, 6.07) is 5.98. The van der Waals surface area contributed by atoms with Crippen LogP contribution in [-0.2, 0) is 0 Å². The van der Waals surface area contributed by atoms with Crippen molar-refractivity contribution in [2.24, 2.45) is 0 Å². The zero-order valence-corrected chi connectivity index (χ0v) is 11.4. The Kier molecular flexibility index (Phi) is 4.16. The molecular weight excluding hydrogens is 243 g/mol. The van der Waals surface area contributed by atoms with Crippen molar-refractivity contribution in [3.8, 4) is 0 Å². The molecule has 0 N–H and O–H groups in total. The molecule has 0 saturated heterocycles. The number of benzene rings is 1. The van der Waals surface area contributed by atoms with E-state index >= 15 is 0 Å². The summed E-state index contributed by atoms with van der Waals surface area (Å²) in [6.07, 6.45) is 0. The van der Waals surface area contributed by atoms with Crippen LogP contribution in [0.25, 0.3) is 11.0 Å². The van der Waals surface area contributed by atoms with Crippen LogP contribution in [0, 0.1) is 20.2 Å². The summed E-state index contributed by atoms with van der Waals surface area (Å²) in [5.41, 5.74) is -0.466. The smallest absolute Gasteiger partial charge is 0.395 e. The first-order chi connectivity index (χ1) is 7.11. The van der Waals surface area contributed by atoms with Crippen molar-refractivity contribution in [1.29, 1.82) is 0 Å². The zero-order valence-electron chi connectivity index (χ0n) is 8.25. The third-order valence-electron chi connectivity index (χ3n) is 1.90. The first kappa shape index (κ1) is 13.3. The van der Waals surface area contributed by atoms with Crippen molar-refractivity contribution in [2.45, 2.75) is 0 Å². The number of furan rings is 1. The third-order valence-corrected chi connectivity index (χ3v) is 1.90. The van der Waals surface area contributed by atoms with E-state index in [1.807, 2.05) is 0 Å². The predicted molar refractivity (Wildman–Crippen MR) is 55.3 cm³/mol. The van der Waals surface area contributed by atoms with Crippen molar-refractivity contribution in [1.82, 2.24) is 0 Å². The van der Waals surface area contributed by atoms with Gasteiger partial charge >= 0.3 is 11.6 Å². The molecule has 7 nitrogen and oxygen atoms in total. The Bertz CT molecular complexity index is 565. The molecule has 0 aliphatic carbocycles. The number of para-hydroxylation sites is 1. The summed E-state index contributed by atoms with van der Waals surface area (Å²) < 4.78 is 4.78. The molecule has 0 bridgehead atoms. The van der Waals surface area contributed by atoms with E-state index in [4.69, 9.17) is 4.42 Å². The molecule has 2 rings (SSSR count). The van der Waals surface area contributed by atoms with Gasteiger partial charge in [-0.25, -0.2) is 0 Å². The average molecular weight is 247 g/mol. The average Bonchev–Trinajstić information content (AvgIpc) is 2.56. The fourth-order valence-electron chi connectivity index (χ4n) is 1.32. The maximum Gasteiger partial charge on any atom is 0.513 e. The van der Waals surface area contributed by atoms with Crippen LogP contribution >= 0.6 is 0 Å². The van der Waals surface area contributed by atoms with Gasteiger partial charge in [0.1, 0.15) is 15.9 Å². The molecule has 0 saturated carbocycles. The van der Waals surface area contributed by atoms with E-state index in [1.165, 1.54) is 12.1 Å². The second-order valence-corrected chi connectivity index (χ2v) is 2.77. The fourth-order valence-corrected chi connectivity index (χ4v) is 1.32. The van der Waals surface area contributed by atoms with Gasteiger partial charge < -0.3 is 4.42 Å². The summed E-state index contributed by atoms with van der Waals surface area (Å²) in [5.74, 6) is -0.832. The van der Waals surface area contributed by atoms with Crippen molar-refractivity contribution >= 4 is 73.9 Å². The van der Waals surface area contributed by atoms with E-state index in [0.717, 1.165) is 0 Å². The second-order valence-electron chi connectivity index (χ2n) is 2.77. The Morgan fingerprint density at radius 3 is 2.25 bits per heavy atom. The number of rotatable bonds is 2. The van der Waals surface area contributed by atoms with Gasteiger partial charge in [0.05, 0.1) is 4.92 Å². The predicted octanol–water partition coefficient (Wildman–Crippen LogP) is 1.87. The molecular formula is C8H4KN2O5. The van der Waals surface area contributed by atoms with E-state index in [1.54, 1.807) is 12.1 Å². The van der Waals surface area contributed by atoms with Crippen LogP contribution in [0.3, 0.4) is 0 Å². The minimum Gasteiger partial charge on any atom is -0.395 e. The Morgan fingerprint density at radius 2 is 1.69 bits per heavy atom. The third kappa shape index (κ3) is 2.15. The Hall–Kier alpha value is -0.804. The van der Waals surface area contributed by atoms with Crippen molar-refractivity contribution in [3.05, 3.63) is 44.5 Å². The molecule has 0 spiro atoms. The van der Waals surface area contributed by atoms with Gasteiger partial charge in [-0.2, -0.15) is 0 Å². The molecule has 1 aromatic carbocycles. The van der Waals surface area contributed by atoms with E-state index in [9.17, 15) is 20.2 Å². The molecule has 1 radical (unpaired) electrons. The van der Waals surface area contributed by atoms with Crippen LogP contribution in [0.15, 0.2) is 28.7 Å².